The molecule has 5 heteroatoms. The fourth-order valence-electron chi connectivity index (χ4n) is 1.62. The molecule has 0 bridgehead atoms. The SMILES string of the molecule is O=C(CNc1cc(CO)ccc1Cl)NCC1CC1. The number of carbonyl (C=O) groups is 1. The third-order valence-corrected chi connectivity index (χ3v) is 3.27. The van der Waals surface area contributed by atoms with Gasteiger partial charge in [-0.25, -0.2) is 0 Å². The fourth-order valence-corrected chi connectivity index (χ4v) is 1.81. The zero-order chi connectivity index (χ0) is 13.0. The van der Waals surface area contributed by atoms with Gasteiger partial charge in [0.05, 0.1) is 23.9 Å². The Morgan fingerprint density at radius 1 is 1.44 bits per heavy atom. The maximum atomic E-state index is 11.5. The molecule has 4 nitrogen and oxygen atoms in total. The quantitative estimate of drug-likeness (QED) is 0.737. The smallest absolute Gasteiger partial charge is 0.239 e. The first kappa shape index (κ1) is 13.2. The van der Waals surface area contributed by atoms with Gasteiger partial charge in [-0.3, -0.25) is 4.79 Å². The predicted octanol–water partition coefficient (Wildman–Crippen LogP) is 1.77. The molecule has 1 aromatic rings. The predicted molar refractivity (Wildman–Crippen MR) is 71.6 cm³/mol. The molecular formula is C13H17ClN2O2. The van der Waals surface area contributed by atoms with Gasteiger partial charge in [-0.2, -0.15) is 0 Å². The van der Waals surface area contributed by atoms with Crippen molar-refractivity contribution < 1.29 is 9.90 Å². The number of benzene rings is 1. The summed E-state index contributed by atoms with van der Waals surface area (Å²) >= 11 is 6.00. The second-order valence-corrected chi connectivity index (χ2v) is 4.98. The van der Waals surface area contributed by atoms with E-state index in [1.807, 2.05) is 0 Å². The number of halogens is 1. The van der Waals surface area contributed by atoms with E-state index in [1.165, 1.54) is 12.8 Å². The molecule has 1 aliphatic carbocycles. The number of rotatable bonds is 6. The molecule has 0 aliphatic heterocycles. The zero-order valence-electron chi connectivity index (χ0n) is 10.1. The van der Waals surface area contributed by atoms with Crippen LogP contribution in [-0.4, -0.2) is 24.1 Å². The lowest BCUT2D eigenvalue weighted by molar-refractivity contribution is -0.119. The van der Waals surface area contributed by atoms with Gasteiger partial charge < -0.3 is 15.7 Å². The molecule has 18 heavy (non-hydrogen) atoms. The van der Waals surface area contributed by atoms with E-state index < -0.39 is 0 Å². The van der Waals surface area contributed by atoms with Crippen LogP contribution in [0, 0.1) is 5.92 Å². The van der Waals surface area contributed by atoms with Crippen molar-refractivity contribution >= 4 is 23.2 Å². The fraction of sp³-hybridized carbons (Fsp3) is 0.462. The minimum atomic E-state index is -0.0419. The first-order valence-corrected chi connectivity index (χ1v) is 6.46. The second kappa shape index (κ2) is 6.07. The Balaban J connectivity index is 1.82. The highest BCUT2D eigenvalue weighted by atomic mass is 35.5. The third kappa shape index (κ3) is 3.89. The van der Waals surface area contributed by atoms with Crippen molar-refractivity contribution in [2.24, 2.45) is 5.92 Å². The highest BCUT2D eigenvalue weighted by Gasteiger charge is 2.21. The van der Waals surface area contributed by atoms with Crippen LogP contribution in [-0.2, 0) is 11.4 Å². The Morgan fingerprint density at radius 3 is 2.89 bits per heavy atom. The Morgan fingerprint density at radius 2 is 2.22 bits per heavy atom. The highest BCUT2D eigenvalue weighted by molar-refractivity contribution is 6.33. The minimum Gasteiger partial charge on any atom is -0.392 e. The Bertz CT molecular complexity index is 433. The molecule has 1 aliphatic rings. The summed E-state index contributed by atoms with van der Waals surface area (Å²) < 4.78 is 0. The van der Waals surface area contributed by atoms with Crippen molar-refractivity contribution in [3.8, 4) is 0 Å². The lowest BCUT2D eigenvalue weighted by atomic mass is 10.2. The molecule has 0 aromatic heterocycles. The summed E-state index contributed by atoms with van der Waals surface area (Å²) in [6.45, 7) is 0.923. The number of hydrogen-bond acceptors (Lipinski definition) is 3. The van der Waals surface area contributed by atoms with Gasteiger partial charge in [0.25, 0.3) is 0 Å². The van der Waals surface area contributed by atoms with Crippen molar-refractivity contribution in [2.45, 2.75) is 19.4 Å². The van der Waals surface area contributed by atoms with Gasteiger partial charge >= 0.3 is 0 Å². The molecule has 1 fully saturated rings. The van der Waals surface area contributed by atoms with Crippen molar-refractivity contribution in [3.05, 3.63) is 28.8 Å². The monoisotopic (exact) mass is 268 g/mol. The summed E-state index contributed by atoms with van der Waals surface area (Å²) in [6.07, 6.45) is 2.44. The largest absolute Gasteiger partial charge is 0.392 e. The Hall–Kier alpha value is -1.26. The van der Waals surface area contributed by atoms with Crippen LogP contribution in [0.1, 0.15) is 18.4 Å². The minimum absolute atomic E-state index is 0.0348. The number of anilines is 1. The van der Waals surface area contributed by atoms with E-state index in [1.54, 1.807) is 18.2 Å². The van der Waals surface area contributed by atoms with Crippen LogP contribution in [0.25, 0.3) is 0 Å². The Labute approximate surface area is 111 Å². The summed E-state index contributed by atoms with van der Waals surface area (Å²) in [6, 6.07) is 5.20. The zero-order valence-corrected chi connectivity index (χ0v) is 10.8. The molecule has 1 saturated carbocycles. The van der Waals surface area contributed by atoms with E-state index in [9.17, 15) is 4.79 Å². The molecule has 0 unspecified atom stereocenters. The number of aliphatic hydroxyl groups excluding tert-OH is 1. The summed E-state index contributed by atoms with van der Waals surface area (Å²) in [5.74, 6) is 0.641. The van der Waals surface area contributed by atoms with Gasteiger partial charge in [-0.15, -0.1) is 0 Å². The van der Waals surface area contributed by atoms with E-state index in [-0.39, 0.29) is 19.1 Å². The van der Waals surface area contributed by atoms with Gasteiger partial charge in [-0.1, -0.05) is 17.7 Å². The molecule has 0 radical (unpaired) electrons. The molecule has 1 aromatic carbocycles. The van der Waals surface area contributed by atoms with Gasteiger partial charge in [0.2, 0.25) is 5.91 Å². The molecular weight excluding hydrogens is 252 g/mol. The molecule has 0 spiro atoms. The standard InChI is InChI=1S/C13H17ClN2O2/c14-11-4-3-10(8-17)5-12(11)15-7-13(18)16-6-9-1-2-9/h3-5,9,15,17H,1-2,6-8H2,(H,16,18). The maximum absolute atomic E-state index is 11.5. The average molecular weight is 269 g/mol. The molecule has 3 N–H and O–H groups in total. The van der Waals surface area contributed by atoms with E-state index in [0.29, 0.717) is 16.6 Å². The molecule has 98 valence electrons. The summed E-state index contributed by atoms with van der Waals surface area (Å²) in [5, 5.41) is 15.4. The summed E-state index contributed by atoms with van der Waals surface area (Å²) in [4.78, 5) is 11.5. The van der Waals surface area contributed by atoms with E-state index >= 15 is 0 Å². The lowest BCUT2D eigenvalue weighted by Crippen LogP contribution is -2.31. The molecule has 0 atom stereocenters. The maximum Gasteiger partial charge on any atom is 0.239 e. The number of aliphatic hydroxyl groups is 1. The van der Waals surface area contributed by atoms with E-state index in [2.05, 4.69) is 10.6 Å². The van der Waals surface area contributed by atoms with Crippen molar-refractivity contribution in [1.82, 2.24) is 5.32 Å². The molecule has 0 saturated heterocycles. The van der Waals surface area contributed by atoms with Crippen LogP contribution in [0.3, 0.4) is 0 Å². The van der Waals surface area contributed by atoms with Crippen molar-refractivity contribution in [2.75, 3.05) is 18.4 Å². The molecule has 1 amide bonds. The van der Waals surface area contributed by atoms with Gasteiger partial charge in [0, 0.05) is 6.54 Å². The van der Waals surface area contributed by atoms with Gasteiger partial charge in [0.1, 0.15) is 0 Å². The van der Waals surface area contributed by atoms with Gasteiger partial charge in [-0.05, 0) is 36.5 Å². The van der Waals surface area contributed by atoms with Crippen LogP contribution in [0.2, 0.25) is 5.02 Å². The summed E-state index contributed by atoms with van der Waals surface area (Å²) in [7, 11) is 0. The first-order valence-electron chi connectivity index (χ1n) is 6.09. The average Bonchev–Trinajstić information content (AvgIpc) is 3.19. The normalized spacial score (nSPS) is 14.3. The number of nitrogens with one attached hydrogen (secondary N) is 2. The van der Waals surface area contributed by atoms with Crippen LogP contribution in [0.5, 0.6) is 0 Å². The van der Waals surface area contributed by atoms with E-state index in [4.69, 9.17) is 16.7 Å². The molecule has 2 rings (SSSR count). The number of amides is 1. The van der Waals surface area contributed by atoms with Crippen LogP contribution >= 0.6 is 11.6 Å². The summed E-state index contributed by atoms with van der Waals surface area (Å²) in [5.41, 5.74) is 1.44. The number of hydrogen-bond donors (Lipinski definition) is 3. The lowest BCUT2D eigenvalue weighted by Gasteiger charge is -2.10. The topological polar surface area (TPSA) is 61.4 Å². The first-order chi connectivity index (χ1) is 8.69. The van der Waals surface area contributed by atoms with Crippen LogP contribution < -0.4 is 10.6 Å². The number of carbonyl (C=O) groups excluding carboxylic acids is 1. The second-order valence-electron chi connectivity index (χ2n) is 4.57. The van der Waals surface area contributed by atoms with Crippen molar-refractivity contribution in [1.29, 1.82) is 0 Å². The van der Waals surface area contributed by atoms with Crippen molar-refractivity contribution in [3.63, 3.8) is 0 Å². The third-order valence-electron chi connectivity index (χ3n) is 2.94. The van der Waals surface area contributed by atoms with Crippen LogP contribution in [0.15, 0.2) is 18.2 Å². The highest BCUT2D eigenvalue weighted by Crippen LogP contribution is 2.27. The van der Waals surface area contributed by atoms with Gasteiger partial charge in [0.15, 0.2) is 0 Å². The van der Waals surface area contributed by atoms with Crippen LogP contribution in [0.4, 0.5) is 5.69 Å². The molecule has 0 heterocycles. The Kier molecular flexibility index (Phi) is 4.44. The van der Waals surface area contributed by atoms with E-state index in [0.717, 1.165) is 12.1 Å².